The van der Waals surface area contributed by atoms with Crippen LogP contribution in [0.15, 0.2) is 35.3 Å². The van der Waals surface area contributed by atoms with E-state index < -0.39 is 0 Å². The molecule has 7 heteroatoms. The zero-order valence-electron chi connectivity index (χ0n) is 18.2. The molecule has 0 atom stereocenters. The molecule has 0 aromatic heterocycles. The minimum atomic E-state index is 0.0196. The Morgan fingerprint density at radius 3 is 2.59 bits per heavy atom. The van der Waals surface area contributed by atoms with Gasteiger partial charge in [0.05, 0.1) is 0 Å². The van der Waals surface area contributed by atoms with Gasteiger partial charge in [-0.3, -0.25) is 9.69 Å². The summed E-state index contributed by atoms with van der Waals surface area (Å²) in [5, 5.41) is 6.98. The zero-order valence-corrected chi connectivity index (χ0v) is 19.0. The van der Waals surface area contributed by atoms with Crippen molar-refractivity contribution in [2.45, 2.75) is 38.3 Å². The van der Waals surface area contributed by atoms with Crippen LogP contribution < -0.4 is 10.6 Å². The summed E-state index contributed by atoms with van der Waals surface area (Å²) in [6.07, 6.45) is 6.61. The molecule has 1 saturated heterocycles. The van der Waals surface area contributed by atoms with Crippen molar-refractivity contribution in [1.29, 1.82) is 0 Å². The van der Waals surface area contributed by atoms with Gasteiger partial charge in [0.1, 0.15) is 6.54 Å². The third-order valence-corrected chi connectivity index (χ3v) is 5.81. The van der Waals surface area contributed by atoms with Gasteiger partial charge in [-0.2, -0.15) is 11.8 Å². The number of thioether (sulfide) groups is 1. The predicted molar refractivity (Wildman–Crippen MR) is 124 cm³/mol. The summed E-state index contributed by atoms with van der Waals surface area (Å²) < 4.78 is 0. The highest BCUT2D eigenvalue weighted by Gasteiger charge is 2.20. The van der Waals surface area contributed by atoms with E-state index in [1.54, 1.807) is 19.0 Å². The number of amides is 1. The third kappa shape index (κ3) is 9.54. The van der Waals surface area contributed by atoms with Crippen molar-refractivity contribution >= 4 is 23.6 Å². The molecule has 29 heavy (non-hydrogen) atoms. The predicted octanol–water partition coefficient (Wildman–Crippen LogP) is 2.42. The smallest absolute Gasteiger partial charge is 0.243 e. The van der Waals surface area contributed by atoms with Crippen LogP contribution in [0.4, 0.5) is 0 Å². The third-order valence-electron chi connectivity index (χ3n) is 5.12. The van der Waals surface area contributed by atoms with Gasteiger partial charge in [0.25, 0.3) is 0 Å². The van der Waals surface area contributed by atoms with Gasteiger partial charge >= 0.3 is 0 Å². The lowest BCUT2D eigenvalue weighted by Crippen LogP contribution is -2.49. The van der Waals surface area contributed by atoms with Crippen LogP contribution in [-0.2, 0) is 11.3 Å². The highest BCUT2D eigenvalue weighted by Crippen LogP contribution is 2.13. The molecule has 0 spiro atoms. The Hall–Kier alpha value is -1.73. The normalized spacial score (nSPS) is 15.9. The van der Waals surface area contributed by atoms with Crippen molar-refractivity contribution in [3.63, 3.8) is 0 Å². The number of aliphatic imine (C=N–C) groups is 1. The fraction of sp³-hybridized carbons (Fsp3) is 0.636. The first-order chi connectivity index (χ1) is 14.1. The quantitative estimate of drug-likeness (QED) is 0.346. The van der Waals surface area contributed by atoms with Gasteiger partial charge < -0.3 is 15.5 Å². The molecule has 0 unspecified atom stereocenters. The highest BCUT2D eigenvalue weighted by atomic mass is 32.2. The number of carbonyl (C=O) groups is 1. The Morgan fingerprint density at radius 2 is 1.93 bits per heavy atom. The van der Waals surface area contributed by atoms with Gasteiger partial charge in [-0.15, -0.1) is 0 Å². The van der Waals surface area contributed by atoms with Gasteiger partial charge in [-0.05, 0) is 43.3 Å². The van der Waals surface area contributed by atoms with Crippen molar-refractivity contribution in [2.75, 3.05) is 52.3 Å². The minimum absolute atomic E-state index is 0.0196. The Labute approximate surface area is 180 Å². The van der Waals surface area contributed by atoms with E-state index in [0.717, 1.165) is 51.4 Å². The number of rotatable bonds is 10. The van der Waals surface area contributed by atoms with Crippen LogP contribution in [0, 0.1) is 0 Å². The number of nitrogens with one attached hydrogen (secondary N) is 2. The molecule has 162 valence electrons. The average molecular weight is 420 g/mol. The van der Waals surface area contributed by atoms with Gasteiger partial charge in [0.2, 0.25) is 5.91 Å². The number of hydrogen-bond donors (Lipinski definition) is 2. The second-order valence-corrected chi connectivity index (χ2v) is 8.75. The molecular formula is C22H37N5OS. The van der Waals surface area contributed by atoms with E-state index in [2.05, 4.69) is 57.1 Å². The van der Waals surface area contributed by atoms with E-state index in [1.165, 1.54) is 17.7 Å². The highest BCUT2D eigenvalue weighted by molar-refractivity contribution is 7.98. The number of unbranched alkanes of at least 4 members (excludes halogenated alkanes) is 1. The topological polar surface area (TPSA) is 60.0 Å². The zero-order chi connectivity index (χ0) is 20.9. The summed E-state index contributed by atoms with van der Waals surface area (Å²) in [5.74, 6) is 1.97. The molecule has 0 radical (unpaired) electrons. The molecular weight excluding hydrogens is 382 g/mol. The Kier molecular flexibility index (Phi) is 11.0. The van der Waals surface area contributed by atoms with Gasteiger partial charge in [-0.25, -0.2) is 4.99 Å². The first-order valence-electron chi connectivity index (χ1n) is 10.6. The van der Waals surface area contributed by atoms with E-state index in [-0.39, 0.29) is 12.5 Å². The number of likely N-dealkylation sites (tertiary alicyclic amines) is 1. The summed E-state index contributed by atoms with van der Waals surface area (Å²) >= 11 is 1.88. The second kappa shape index (κ2) is 13.5. The molecule has 1 aromatic rings. The number of carbonyl (C=O) groups excluding carboxylic acids is 1. The number of likely N-dealkylation sites (N-methyl/N-ethyl adjacent to an activating group) is 1. The molecule has 1 heterocycles. The molecule has 1 fully saturated rings. The van der Waals surface area contributed by atoms with Crippen molar-refractivity contribution in [3.05, 3.63) is 35.9 Å². The molecule has 1 aliphatic heterocycles. The average Bonchev–Trinajstić information content (AvgIpc) is 2.73. The first-order valence-corrected chi connectivity index (χ1v) is 12.0. The van der Waals surface area contributed by atoms with E-state index >= 15 is 0 Å². The van der Waals surface area contributed by atoms with Gasteiger partial charge in [0, 0.05) is 46.3 Å². The van der Waals surface area contributed by atoms with E-state index in [1.807, 2.05) is 11.8 Å². The van der Waals surface area contributed by atoms with Crippen LogP contribution in [0.25, 0.3) is 0 Å². The van der Waals surface area contributed by atoms with Gasteiger partial charge in [0.15, 0.2) is 5.96 Å². The summed E-state index contributed by atoms with van der Waals surface area (Å²) in [5.41, 5.74) is 1.37. The molecule has 2 rings (SSSR count). The number of nitrogens with zero attached hydrogens (tertiary/aromatic N) is 3. The van der Waals surface area contributed by atoms with E-state index in [9.17, 15) is 4.79 Å². The Morgan fingerprint density at radius 1 is 1.21 bits per heavy atom. The number of piperidine rings is 1. The molecule has 6 nitrogen and oxygen atoms in total. The number of benzene rings is 1. The van der Waals surface area contributed by atoms with Crippen molar-refractivity contribution in [2.24, 2.45) is 4.99 Å². The summed E-state index contributed by atoms with van der Waals surface area (Å²) in [6.45, 7) is 4.23. The monoisotopic (exact) mass is 419 g/mol. The van der Waals surface area contributed by atoms with Crippen LogP contribution in [0.1, 0.15) is 31.2 Å². The summed E-state index contributed by atoms with van der Waals surface area (Å²) in [4.78, 5) is 20.5. The van der Waals surface area contributed by atoms with Gasteiger partial charge in [-0.1, -0.05) is 30.3 Å². The number of guanidine groups is 1. The van der Waals surface area contributed by atoms with Crippen LogP contribution >= 0.6 is 11.8 Å². The van der Waals surface area contributed by atoms with Crippen LogP contribution in [0.2, 0.25) is 0 Å². The summed E-state index contributed by atoms with van der Waals surface area (Å²) in [6, 6.07) is 11.1. The fourth-order valence-corrected chi connectivity index (χ4v) is 3.78. The maximum atomic E-state index is 11.9. The van der Waals surface area contributed by atoms with E-state index in [0.29, 0.717) is 6.04 Å². The lowest BCUT2D eigenvalue weighted by molar-refractivity contribution is -0.127. The standard InChI is InChI=1S/C22H37N5OS/c1-26(2)21(28)17-24-22(23-13-7-8-16-29-3)25-20-11-14-27(15-12-20)18-19-9-5-4-6-10-19/h4-6,9-10,20H,7-8,11-18H2,1-3H3,(H2,23,24,25). The largest absolute Gasteiger partial charge is 0.356 e. The molecule has 0 saturated carbocycles. The SMILES string of the molecule is CSCCCCNC(=NCC(=O)N(C)C)NC1CCN(Cc2ccccc2)CC1. The van der Waals surface area contributed by atoms with E-state index in [4.69, 9.17) is 0 Å². The molecule has 2 N–H and O–H groups in total. The van der Waals surface area contributed by atoms with Crippen molar-refractivity contribution in [1.82, 2.24) is 20.4 Å². The molecule has 1 amide bonds. The minimum Gasteiger partial charge on any atom is -0.356 e. The molecule has 0 aliphatic carbocycles. The maximum absolute atomic E-state index is 11.9. The van der Waals surface area contributed by atoms with Crippen LogP contribution in [0.5, 0.6) is 0 Å². The fourth-order valence-electron chi connectivity index (χ4n) is 3.29. The molecule has 0 bridgehead atoms. The van der Waals surface area contributed by atoms with Crippen molar-refractivity contribution in [3.8, 4) is 0 Å². The summed E-state index contributed by atoms with van der Waals surface area (Å²) in [7, 11) is 3.53. The lowest BCUT2D eigenvalue weighted by Gasteiger charge is -2.33. The number of hydrogen-bond acceptors (Lipinski definition) is 4. The lowest BCUT2D eigenvalue weighted by atomic mass is 10.0. The Bertz CT molecular complexity index is 615. The first kappa shape index (κ1) is 23.5. The maximum Gasteiger partial charge on any atom is 0.243 e. The van der Waals surface area contributed by atoms with Crippen LogP contribution in [-0.4, -0.2) is 80.0 Å². The van der Waals surface area contributed by atoms with Crippen molar-refractivity contribution < 1.29 is 4.79 Å². The molecule has 1 aromatic carbocycles. The second-order valence-electron chi connectivity index (χ2n) is 7.76. The Balaban J connectivity index is 1.80. The molecule has 1 aliphatic rings. The van der Waals surface area contributed by atoms with Crippen LogP contribution in [0.3, 0.4) is 0 Å².